The molecular weight excluding hydrogens is 260 g/mol. The summed E-state index contributed by atoms with van der Waals surface area (Å²) in [6, 6.07) is 8.78. The van der Waals surface area contributed by atoms with Crippen molar-refractivity contribution in [3.05, 3.63) is 23.8 Å². The molecule has 1 N–H and O–H groups in total. The molecule has 2 bridgehead atoms. The van der Waals surface area contributed by atoms with Crippen molar-refractivity contribution in [2.24, 2.45) is 0 Å². The number of aryl methyl sites for hydroxylation is 1. The molecule has 0 amide bonds. The van der Waals surface area contributed by atoms with E-state index in [1.54, 1.807) is 7.11 Å². The van der Waals surface area contributed by atoms with Gasteiger partial charge in [-0.05, 0) is 69.3 Å². The fourth-order valence-electron chi connectivity index (χ4n) is 4.28. The fourth-order valence-corrected chi connectivity index (χ4v) is 4.28. The van der Waals surface area contributed by atoms with E-state index in [2.05, 4.69) is 42.3 Å². The fraction of sp³-hybridized carbons (Fsp3) is 0.667. The smallest absolute Gasteiger partial charge is 0.121 e. The molecule has 2 unspecified atom stereocenters. The molecule has 2 atom stereocenters. The van der Waals surface area contributed by atoms with Crippen LogP contribution < -0.4 is 15.0 Å². The molecule has 2 aliphatic heterocycles. The van der Waals surface area contributed by atoms with E-state index < -0.39 is 0 Å². The van der Waals surface area contributed by atoms with Crippen LogP contribution in [0, 0.1) is 6.92 Å². The third kappa shape index (κ3) is 2.89. The van der Waals surface area contributed by atoms with Crippen LogP contribution in [0.3, 0.4) is 0 Å². The van der Waals surface area contributed by atoms with Crippen molar-refractivity contribution in [1.29, 1.82) is 0 Å². The van der Waals surface area contributed by atoms with Crippen LogP contribution in [0.1, 0.15) is 44.6 Å². The van der Waals surface area contributed by atoms with Crippen LogP contribution in [0.25, 0.3) is 0 Å². The van der Waals surface area contributed by atoms with Crippen molar-refractivity contribution in [2.75, 3.05) is 18.6 Å². The number of hydrogen-bond donors (Lipinski definition) is 1. The molecule has 2 heterocycles. The number of anilines is 1. The maximum absolute atomic E-state index is 5.40. The highest BCUT2D eigenvalue weighted by Crippen LogP contribution is 2.38. The molecule has 0 saturated carbocycles. The molecule has 0 aromatic heterocycles. The first-order valence-corrected chi connectivity index (χ1v) is 8.39. The molecule has 1 aromatic carbocycles. The Morgan fingerprint density at radius 2 is 1.95 bits per heavy atom. The molecule has 0 aliphatic carbocycles. The summed E-state index contributed by atoms with van der Waals surface area (Å²) >= 11 is 0. The van der Waals surface area contributed by atoms with Gasteiger partial charge in [0.05, 0.1) is 7.11 Å². The maximum Gasteiger partial charge on any atom is 0.121 e. The van der Waals surface area contributed by atoms with E-state index in [1.165, 1.54) is 43.4 Å². The highest BCUT2D eigenvalue weighted by atomic mass is 16.5. The molecule has 116 valence electrons. The van der Waals surface area contributed by atoms with Gasteiger partial charge in [0.15, 0.2) is 0 Å². The predicted molar refractivity (Wildman–Crippen MR) is 88.3 cm³/mol. The van der Waals surface area contributed by atoms with Gasteiger partial charge in [-0.2, -0.15) is 0 Å². The van der Waals surface area contributed by atoms with Crippen LogP contribution in [0.4, 0.5) is 5.69 Å². The number of fused-ring (bicyclic) bond motifs is 2. The van der Waals surface area contributed by atoms with Gasteiger partial charge < -0.3 is 15.0 Å². The SMILES string of the molecule is CCNC1CC2CCCC(C1)N2c1ccc(OC)c(C)c1. The summed E-state index contributed by atoms with van der Waals surface area (Å²) in [5.74, 6) is 0.992. The molecule has 2 aliphatic rings. The lowest BCUT2D eigenvalue weighted by molar-refractivity contribution is 0.247. The van der Waals surface area contributed by atoms with E-state index in [1.807, 2.05) is 0 Å². The summed E-state index contributed by atoms with van der Waals surface area (Å²) in [7, 11) is 1.75. The van der Waals surface area contributed by atoms with Gasteiger partial charge in [-0.25, -0.2) is 0 Å². The predicted octanol–water partition coefficient (Wildman–Crippen LogP) is 3.50. The third-order valence-electron chi connectivity index (χ3n) is 5.14. The minimum Gasteiger partial charge on any atom is -0.496 e. The largest absolute Gasteiger partial charge is 0.496 e. The van der Waals surface area contributed by atoms with Crippen LogP contribution in [0.5, 0.6) is 5.75 Å². The van der Waals surface area contributed by atoms with E-state index in [0.717, 1.165) is 12.3 Å². The van der Waals surface area contributed by atoms with E-state index in [-0.39, 0.29) is 0 Å². The van der Waals surface area contributed by atoms with Crippen LogP contribution in [0.2, 0.25) is 0 Å². The molecule has 21 heavy (non-hydrogen) atoms. The molecule has 3 rings (SSSR count). The summed E-state index contributed by atoms with van der Waals surface area (Å²) in [4.78, 5) is 2.70. The van der Waals surface area contributed by atoms with Crippen molar-refractivity contribution in [3.8, 4) is 5.75 Å². The summed E-state index contributed by atoms with van der Waals surface area (Å²) < 4.78 is 5.40. The third-order valence-corrected chi connectivity index (χ3v) is 5.14. The van der Waals surface area contributed by atoms with Crippen LogP contribution >= 0.6 is 0 Å². The first kappa shape index (κ1) is 14.7. The van der Waals surface area contributed by atoms with Gasteiger partial charge in [-0.15, -0.1) is 0 Å². The van der Waals surface area contributed by atoms with Crippen molar-refractivity contribution < 1.29 is 4.74 Å². The molecule has 3 nitrogen and oxygen atoms in total. The van der Waals surface area contributed by atoms with Gasteiger partial charge in [0.2, 0.25) is 0 Å². The van der Waals surface area contributed by atoms with Crippen LogP contribution in [-0.4, -0.2) is 31.8 Å². The average molecular weight is 288 g/mol. The zero-order valence-corrected chi connectivity index (χ0v) is 13.6. The summed E-state index contributed by atoms with van der Waals surface area (Å²) in [5, 5.41) is 3.67. The van der Waals surface area contributed by atoms with E-state index in [9.17, 15) is 0 Å². The molecule has 0 radical (unpaired) electrons. The monoisotopic (exact) mass is 288 g/mol. The van der Waals surface area contributed by atoms with E-state index >= 15 is 0 Å². The maximum atomic E-state index is 5.40. The summed E-state index contributed by atoms with van der Waals surface area (Å²) in [5.41, 5.74) is 2.62. The number of hydrogen-bond acceptors (Lipinski definition) is 3. The summed E-state index contributed by atoms with van der Waals surface area (Å²) in [6.07, 6.45) is 6.64. The minimum atomic E-state index is 0.703. The molecule has 2 fully saturated rings. The zero-order chi connectivity index (χ0) is 14.8. The Morgan fingerprint density at radius 3 is 2.52 bits per heavy atom. The topological polar surface area (TPSA) is 24.5 Å². The van der Waals surface area contributed by atoms with Gasteiger partial charge in [0.25, 0.3) is 0 Å². The average Bonchev–Trinajstić information content (AvgIpc) is 2.46. The van der Waals surface area contributed by atoms with Crippen molar-refractivity contribution >= 4 is 5.69 Å². The second-order valence-electron chi connectivity index (χ2n) is 6.53. The number of benzene rings is 1. The van der Waals surface area contributed by atoms with Gasteiger partial charge in [-0.3, -0.25) is 0 Å². The van der Waals surface area contributed by atoms with Crippen molar-refractivity contribution in [1.82, 2.24) is 5.32 Å². The van der Waals surface area contributed by atoms with Crippen molar-refractivity contribution in [2.45, 2.75) is 64.1 Å². The number of ether oxygens (including phenoxy) is 1. The molecule has 0 spiro atoms. The number of piperidine rings is 2. The van der Waals surface area contributed by atoms with E-state index in [0.29, 0.717) is 18.1 Å². The standard InChI is InChI=1S/C18H28N2O/c1-4-19-14-11-15-6-5-7-16(12-14)20(15)17-8-9-18(21-3)13(2)10-17/h8-10,14-16,19H,4-7,11-12H2,1-3H3. The lowest BCUT2D eigenvalue weighted by Crippen LogP contribution is -2.56. The van der Waals surface area contributed by atoms with Gasteiger partial charge in [0.1, 0.15) is 5.75 Å². The lowest BCUT2D eigenvalue weighted by atomic mass is 9.81. The first-order chi connectivity index (χ1) is 10.2. The van der Waals surface area contributed by atoms with Gasteiger partial charge >= 0.3 is 0 Å². The Bertz CT molecular complexity index is 474. The van der Waals surface area contributed by atoms with E-state index in [4.69, 9.17) is 4.74 Å². The lowest BCUT2D eigenvalue weighted by Gasteiger charge is -2.50. The Hall–Kier alpha value is -1.22. The number of rotatable bonds is 4. The first-order valence-electron chi connectivity index (χ1n) is 8.39. The Morgan fingerprint density at radius 1 is 1.24 bits per heavy atom. The number of methoxy groups -OCH3 is 1. The Kier molecular flexibility index (Phi) is 4.39. The normalized spacial score (nSPS) is 28.5. The molecule has 1 aromatic rings. The van der Waals surface area contributed by atoms with Crippen LogP contribution in [-0.2, 0) is 0 Å². The quantitative estimate of drug-likeness (QED) is 0.917. The molecule has 3 heteroatoms. The minimum absolute atomic E-state index is 0.703. The number of nitrogens with one attached hydrogen (secondary N) is 1. The second-order valence-corrected chi connectivity index (χ2v) is 6.53. The zero-order valence-electron chi connectivity index (χ0n) is 13.6. The van der Waals surface area contributed by atoms with Gasteiger partial charge in [0, 0.05) is 23.8 Å². The van der Waals surface area contributed by atoms with Crippen molar-refractivity contribution in [3.63, 3.8) is 0 Å². The second kappa shape index (κ2) is 6.27. The molecular formula is C18H28N2O. The number of nitrogens with zero attached hydrogens (tertiary/aromatic N) is 1. The van der Waals surface area contributed by atoms with Gasteiger partial charge in [-0.1, -0.05) is 6.92 Å². The molecule has 2 saturated heterocycles. The highest BCUT2D eigenvalue weighted by molar-refractivity contribution is 5.55. The summed E-state index contributed by atoms with van der Waals surface area (Å²) in [6.45, 7) is 5.45. The highest BCUT2D eigenvalue weighted by Gasteiger charge is 2.38. The van der Waals surface area contributed by atoms with Crippen LogP contribution in [0.15, 0.2) is 18.2 Å². The Balaban J connectivity index is 1.83. The Labute approximate surface area is 128 Å².